The van der Waals surface area contributed by atoms with Crippen molar-refractivity contribution in [3.63, 3.8) is 0 Å². The van der Waals surface area contributed by atoms with Crippen molar-refractivity contribution in [1.29, 1.82) is 0 Å². The molecule has 1 saturated heterocycles. The standard InChI is InChI=1S/C18H29NOS/c1-14(2)11-15-6-8-16(9-7-15)18(19-3)13-21-12-17-5-4-10-20-17/h6-9,14,17-19H,4-5,10-13H2,1-3H3. The molecular formula is C18H29NOS. The highest BCUT2D eigenvalue weighted by molar-refractivity contribution is 7.99. The lowest BCUT2D eigenvalue weighted by atomic mass is 10.00. The highest BCUT2D eigenvalue weighted by atomic mass is 32.2. The second-order valence-corrected chi connectivity index (χ2v) is 7.43. The van der Waals surface area contributed by atoms with Crippen LogP contribution in [0.3, 0.4) is 0 Å². The van der Waals surface area contributed by atoms with Crippen LogP contribution in [0, 0.1) is 5.92 Å². The topological polar surface area (TPSA) is 21.3 Å². The Morgan fingerprint density at radius 3 is 2.62 bits per heavy atom. The summed E-state index contributed by atoms with van der Waals surface area (Å²) in [5.74, 6) is 2.96. The largest absolute Gasteiger partial charge is 0.377 e. The van der Waals surface area contributed by atoms with Crippen molar-refractivity contribution < 1.29 is 4.74 Å². The zero-order chi connectivity index (χ0) is 15.1. The lowest BCUT2D eigenvalue weighted by molar-refractivity contribution is 0.129. The summed E-state index contributed by atoms with van der Waals surface area (Å²) < 4.78 is 5.69. The summed E-state index contributed by atoms with van der Waals surface area (Å²) in [4.78, 5) is 0. The number of thioether (sulfide) groups is 1. The number of nitrogens with one attached hydrogen (secondary N) is 1. The molecule has 1 N–H and O–H groups in total. The third-order valence-electron chi connectivity index (χ3n) is 3.99. The average Bonchev–Trinajstić information content (AvgIpc) is 2.97. The molecule has 3 heteroatoms. The van der Waals surface area contributed by atoms with E-state index in [2.05, 4.69) is 50.5 Å². The van der Waals surface area contributed by atoms with Crippen LogP contribution in [0.4, 0.5) is 0 Å². The first-order valence-electron chi connectivity index (χ1n) is 8.14. The van der Waals surface area contributed by atoms with Gasteiger partial charge in [-0.1, -0.05) is 38.1 Å². The lowest BCUT2D eigenvalue weighted by Crippen LogP contribution is -2.20. The van der Waals surface area contributed by atoms with E-state index < -0.39 is 0 Å². The van der Waals surface area contributed by atoms with E-state index in [0.29, 0.717) is 12.1 Å². The fourth-order valence-electron chi connectivity index (χ4n) is 2.80. The fraction of sp³-hybridized carbons (Fsp3) is 0.667. The Labute approximate surface area is 134 Å². The summed E-state index contributed by atoms with van der Waals surface area (Å²) in [6.45, 7) is 5.50. The van der Waals surface area contributed by atoms with Crippen molar-refractivity contribution in [2.45, 2.75) is 45.3 Å². The molecule has 2 unspecified atom stereocenters. The number of hydrogen-bond acceptors (Lipinski definition) is 3. The maximum absolute atomic E-state index is 5.69. The Morgan fingerprint density at radius 2 is 2.05 bits per heavy atom. The molecule has 0 spiro atoms. The molecule has 0 aliphatic carbocycles. The highest BCUT2D eigenvalue weighted by Gasteiger charge is 2.16. The summed E-state index contributed by atoms with van der Waals surface area (Å²) in [6.07, 6.45) is 4.12. The van der Waals surface area contributed by atoms with E-state index in [1.54, 1.807) is 0 Å². The smallest absolute Gasteiger partial charge is 0.0666 e. The van der Waals surface area contributed by atoms with Gasteiger partial charge in [-0.25, -0.2) is 0 Å². The predicted molar refractivity (Wildman–Crippen MR) is 93.1 cm³/mol. The van der Waals surface area contributed by atoms with Gasteiger partial charge in [-0.3, -0.25) is 0 Å². The second kappa shape index (κ2) is 8.82. The van der Waals surface area contributed by atoms with Gasteiger partial charge in [0.15, 0.2) is 0 Å². The SMILES string of the molecule is CNC(CSCC1CCCO1)c1ccc(CC(C)C)cc1. The van der Waals surface area contributed by atoms with E-state index in [0.717, 1.165) is 30.5 Å². The van der Waals surface area contributed by atoms with Crippen molar-refractivity contribution in [1.82, 2.24) is 5.32 Å². The summed E-state index contributed by atoms with van der Waals surface area (Å²) in [5.41, 5.74) is 2.83. The number of rotatable bonds is 8. The normalized spacial score (nSPS) is 20.1. The van der Waals surface area contributed by atoms with E-state index in [1.807, 2.05) is 11.8 Å². The molecule has 0 saturated carbocycles. The van der Waals surface area contributed by atoms with Crippen LogP contribution in [-0.2, 0) is 11.2 Å². The molecule has 2 atom stereocenters. The molecule has 2 rings (SSSR count). The predicted octanol–water partition coefficient (Wildman–Crippen LogP) is 4.06. The minimum atomic E-state index is 0.435. The van der Waals surface area contributed by atoms with Gasteiger partial charge in [0.2, 0.25) is 0 Å². The molecular weight excluding hydrogens is 278 g/mol. The number of ether oxygens (including phenoxy) is 1. The third-order valence-corrected chi connectivity index (χ3v) is 5.16. The Bertz CT molecular complexity index is 398. The van der Waals surface area contributed by atoms with Crippen molar-refractivity contribution in [3.8, 4) is 0 Å². The van der Waals surface area contributed by atoms with Crippen LogP contribution in [-0.4, -0.2) is 31.3 Å². The third kappa shape index (κ3) is 5.65. The molecule has 1 aliphatic heterocycles. The van der Waals surface area contributed by atoms with Crippen LogP contribution in [0.15, 0.2) is 24.3 Å². The molecule has 1 heterocycles. The molecule has 0 radical (unpaired) electrons. The van der Waals surface area contributed by atoms with Crippen LogP contribution in [0.2, 0.25) is 0 Å². The fourth-order valence-corrected chi connectivity index (χ4v) is 4.05. The van der Waals surface area contributed by atoms with Crippen molar-refractivity contribution in [2.75, 3.05) is 25.2 Å². The quantitative estimate of drug-likeness (QED) is 0.782. The molecule has 1 aromatic carbocycles. The van der Waals surface area contributed by atoms with Crippen LogP contribution in [0.25, 0.3) is 0 Å². The van der Waals surface area contributed by atoms with Gasteiger partial charge < -0.3 is 10.1 Å². The van der Waals surface area contributed by atoms with Crippen LogP contribution >= 0.6 is 11.8 Å². The Hall–Kier alpha value is -0.510. The maximum Gasteiger partial charge on any atom is 0.0666 e. The van der Waals surface area contributed by atoms with E-state index in [9.17, 15) is 0 Å². The first-order chi connectivity index (χ1) is 10.2. The minimum absolute atomic E-state index is 0.435. The molecule has 1 aliphatic rings. The second-order valence-electron chi connectivity index (χ2n) is 6.35. The van der Waals surface area contributed by atoms with Gasteiger partial charge in [0, 0.05) is 24.2 Å². The van der Waals surface area contributed by atoms with Gasteiger partial charge in [-0.15, -0.1) is 0 Å². The van der Waals surface area contributed by atoms with Crippen LogP contribution < -0.4 is 5.32 Å². The molecule has 2 nitrogen and oxygen atoms in total. The first kappa shape index (κ1) is 16.9. The van der Waals surface area contributed by atoms with E-state index in [-0.39, 0.29) is 0 Å². The lowest BCUT2D eigenvalue weighted by Gasteiger charge is -2.18. The molecule has 0 amide bonds. The molecule has 0 bridgehead atoms. The van der Waals surface area contributed by atoms with E-state index in [1.165, 1.54) is 24.0 Å². The van der Waals surface area contributed by atoms with Gasteiger partial charge in [-0.05, 0) is 43.4 Å². The Kier molecular flexibility index (Phi) is 7.08. The van der Waals surface area contributed by atoms with Crippen molar-refractivity contribution in [2.24, 2.45) is 5.92 Å². The first-order valence-corrected chi connectivity index (χ1v) is 9.30. The molecule has 21 heavy (non-hydrogen) atoms. The number of hydrogen-bond donors (Lipinski definition) is 1. The zero-order valence-electron chi connectivity index (χ0n) is 13.6. The monoisotopic (exact) mass is 307 g/mol. The van der Waals surface area contributed by atoms with Gasteiger partial charge in [-0.2, -0.15) is 11.8 Å². The zero-order valence-corrected chi connectivity index (χ0v) is 14.4. The molecule has 1 fully saturated rings. The van der Waals surface area contributed by atoms with Crippen LogP contribution in [0.5, 0.6) is 0 Å². The van der Waals surface area contributed by atoms with Gasteiger partial charge in [0.1, 0.15) is 0 Å². The highest BCUT2D eigenvalue weighted by Crippen LogP contribution is 2.23. The molecule has 0 aromatic heterocycles. The Morgan fingerprint density at radius 1 is 1.29 bits per heavy atom. The van der Waals surface area contributed by atoms with Gasteiger partial charge in [0.25, 0.3) is 0 Å². The minimum Gasteiger partial charge on any atom is -0.377 e. The Balaban J connectivity index is 1.81. The van der Waals surface area contributed by atoms with E-state index in [4.69, 9.17) is 4.74 Å². The molecule has 118 valence electrons. The molecule has 1 aromatic rings. The van der Waals surface area contributed by atoms with Gasteiger partial charge in [0.05, 0.1) is 6.10 Å². The van der Waals surface area contributed by atoms with Gasteiger partial charge >= 0.3 is 0 Å². The van der Waals surface area contributed by atoms with Crippen LogP contribution in [0.1, 0.15) is 43.9 Å². The summed E-state index contributed by atoms with van der Waals surface area (Å²) >= 11 is 2.01. The van der Waals surface area contributed by atoms with Crippen molar-refractivity contribution in [3.05, 3.63) is 35.4 Å². The summed E-state index contributed by atoms with van der Waals surface area (Å²) in [5, 5.41) is 3.44. The van der Waals surface area contributed by atoms with E-state index >= 15 is 0 Å². The number of benzene rings is 1. The summed E-state index contributed by atoms with van der Waals surface area (Å²) in [7, 11) is 2.05. The summed E-state index contributed by atoms with van der Waals surface area (Å²) in [6, 6.07) is 9.57. The average molecular weight is 308 g/mol. The van der Waals surface area contributed by atoms with Crippen molar-refractivity contribution >= 4 is 11.8 Å². The maximum atomic E-state index is 5.69.